The molecule has 1 aliphatic heterocycles. The van der Waals surface area contributed by atoms with Crippen molar-refractivity contribution < 1.29 is 19.1 Å². The molecule has 0 bridgehead atoms. The molecule has 1 fully saturated rings. The number of nitrogens with zero attached hydrogens (tertiary/aromatic N) is 1. The van der Waals surface area contributed by atoms with Gasteiger partial charge in [0.1, 0.15) is 17.6 Å². The topological polar surface area (TPSA) is 95.7 Å². The zero-order valence-corrected chi connectivity index (χ0v) is 16.2. The minimum absolute atomic E-state index is 0.177. The number of phenols is 1. The molecule has 0 aliphatic carbocycles. The first-order valence-corrected chi connectivity index (χ1v) is 9.80. The minimum Gasteiger partial charge on any atom is -0.508 e. The van der Waals surface area contributed by atoms with Gasteiger partial charge in [-0.1, -0.05) is 24.3 Å². The Bertz CT molecular complexity index is 839. The van der Waals surface area contributed by atoms with Gasteiger partial charge in [-0.15, -0.1) is 0 Å². The summed E-state index contributed by atoms with van der Waals surface area (Å²) in [4.78, 5) is 26.9. The second-order valence-corrected chi connectivity index (χ2v) is 7.33. The van der Waals surface area contributed by atoms with Gasteiger partial charge in [0, 0.05) is 13.1 Å². The lowest BCUT2D eigenvalue weighted by Gasteiger charge is -2.26. The van der Waals surface area contributed by atoms with Gasteiger partial charge in [0.2, 0.25) is 11.8 Å². The van der Waals surface area contributed by atoms with Gasteiger partial charge in [-0.3, -0.25) is 9.59 Å². The van der Waals surface area contributed by atoms with Crippen LogP contribution < -0.4 is 11.1 Å². The summed E-state index contributed by atoms with van der Waals surface area (Å²) in [6.45, 7) is 0.954. The van der Waals surface area contributed by atoms with Crippen LogP contribution in [-0.4, -0.2) is 47.0 Å². The van der Waals surface area contributed by atoms with Crippen LogP contribution in [0.15, 0.2) is 48.5 Å². The molecule has 0 saturated carbocycles. The van der Waals surface area contributed by atoms with E-state index in [1.807, 2.05) is 0 Å². The van der Waals surface area contributed by atoms with E-state index < -0.39 is 12.1 Å². The molecule has 0 unspecified atom stereocenters. The molecule has 2 aromatic rings. The molecule has 1 saturated heterocycles. The Balaban J connectivity index is 1.52. The van der Waals surface area contributed by atoms with Crippen molar-refractivity contribution in [1.82, 2.24) is 10.2 Å². The third-order valence-electron chi connectivity index (χ3n) is 5.17. The van der Waals surface area contributed by atoms with Gasteiger partial charge in [0.05, 0.1) is 6.04 Å². The van der Waals surface area contributed by atoms with Gasteiger partial charge in [-0.05, 0) is 61.1 Å². The quantitative estimate of drug-likeness (QED) is 0.661. The van der Waals surface area contributed by atoms with E-state index in [1.54, 1.807) is 41.3 Å². The molecule has 4 N–H and O–H groups in total. The number of nitrogens with two attached hydrogens (primary N) is 1. The predicted octanol–water partition coefficient (Wildman–Crippen LogP) is 1.75. The lowest BCUT2D eigenvalue weighted by atomic mass is 10.0. The second kappa shape index (κ2) is 9.52. The fraction of sp³-hybridized carbons (Fsp3) is 0.364. The van der Waals surface area contributed by atoms with Crippen LogP contribution in [0.4, 0.5) is 4.39 Å². The lowest BCUT2D eigenvalue weighted by Crippen LogP contribution is -2.52. The van der Waals surface area contributed by atoms with Crippen LogP contribution in [0.25, 0.3) is 0 Å². The number of benzene rings is 2. The van der Waals surface area contributed by atoms with Crippen LogP contribution in [0.3, 0.4) is 0 Å². The Hall–Kier alpha value is -2.93. The second-order valence-electron chi connectivity index (χ2n) is 7.33. The average molecular weight is 399 g/mol. The molecule has 6 nitrogen and oxygen atoms in total. The van der Waals surface area contributed by atoms with Gasteiger partial charge < -0.3 is 21.1 Å². The fourth-order valence-electron chi connectivity index (χ4n) is 3.59. The van der Waals surface area contributed by atoms with Gasteiger partial charge in [-0.25, -0.2) is 4.39 Å². The third-order valence-corrected chi connectivity index (χ3v) is 5.17. The van der Waals surface area contributed by atoms with E-state index >= 15 is 0 Å². The normalized spacial score (nSPS) is 17.2. The van der Waals surface area contributed by atoms with E-state index in [1.165, 1.54) is 12.1 Å². The van der Waals surface area contributed by atoms with Crippen molar-refractivity contribution >= 4 is 11.8 Å². The fourth-order valence-corrected chi connectivity index (χ4v) is 3.59. The third kappa shape index (κ3) is 5.54. The predicted molar refractivity (Wildman–Crippen MR) is 108 cm³/mol. The Kier molecular flexibility index (Phi) is 6.82. The maximum Gasteiger partial charge on any atom is 0.242 e. The number of hydrogen-bond donors (Lipinski definition) is 3. The Morgan fingerprint density at radius 3 is 2.48 bits per heavy atom. The summed E-state index contributed by atoms with van der Waals surface area (Å²) in [5.74, 6) is -0.568. The molecular weight excluding hydrogens is 373 g/mol. The standard InChI is InChI=1S/C22H26FN3O3/c23-17-7-3-16(4-8-17)14-19(24)22(29)26-13-1-2-20(26)21(28)25-12-11-15-5-9-18(27)10-6-15/h3-10,19-20,27H,1-2,11-14,24H2,(H,25,28)/t19-,20+/m1/s1. The molecule has 2 aromatic carbocycles. The van der Waals surface area contributed by atoms with Crippen molar-refractivity contribution in [1.29, 1.82) is 0 Å². The van der Waals surface area contributed by atoms with Crippen molar-refractivity contribution in [3.8, 4) is 5.75 Å². The Morgan fingerprint density at radius 1 is 1.14 bits per heavy atom. The zero-order chi connectivity index (χ0) is 20.8. The summed E-state index contributed by atoms with van der Waals surface area (Å²) in [7, 11) is 0. The first kappa shape index (κ1) is 20.8. The molecule has 2 amide bonds. The molecule has 29 heavy (non-hydrogen) atoms. The molecule has 1 aliphatic rings. The van der Waals surface area contributed by atoms with E-state index in [4.69, 9.17) is 5.73 Å². The first-order valence-electron chi connectivity index (χ1n) is 9.80. The summed E-state index contributed by atoms with van der Waals surface area (Å²) < 4.78 is 13.0. The smallest absolute Gasteiger partial charge is 0.242 e. The number of halogens is 1. The van der Waals surface area contributed by atoms with Gasteiger partial charge in [-0.2, -0.15) is 0 Å². The van der Waals surface area contributed by atoms with Gasteiger partial charge >= 0.3 is 0 Å². The SMILES string of the molecule is N[C@H](Cc1ccc(F)cc1)C(=O)N1CCC[C@H]1C(=O)NCCc1ccc(O)cc1. The van der Waals surface area contributed by atoms with Crippen molar-refractivity contribution in [3.05, 3.63) is 65.5 Å². The summed E-state index contributed by atoms with van der Waals surface area (Å²) in [5, 5.41) is 12.2. The summed E-state index contributed by atoms with van der Waals surface area (Å²) >= 11 is 0. The highest BCUT2D eigenvalue weighted by Crippen LogP contribution is 2.19. The van der Waals surface area contributed by atoms with Crippen molar-refractivity contribution in [2.75, 3.05) is 13.1 Å². The Morgan fingerprint density at radius 2 is 1.79 bits per heavy atom. The highest BCUT2D eigenvalue weighted by Gasteiger charge is 2.35. The number of hydrogen-bond acceptors (Lipinski definition) is 4. The van der Waals surface area contributed by atoms with Crippen LogP contribution in [0.2, 0.25) is 0 Å². The maximum atomic E-state index is 13.0. The van der Waals surface area contributed by atoms with Crippen molar-refractivity contribution in [3.63, 3.8) is 0 Å². The number of carbonyl (C=O) groups excluding carboxylic acids is 2. The van der Waals surface area contributed by atoms with Gasteiger partial charge in [0.25, 0.3) is 0 Å². The van der Waals surface area contributed by atoms with Crippen LogP contribution >= 0.6 is 0 Å². The monoisotopic (exact) mass is 399 g/mol. The molecule has 0 aromatic heterocycles. The van der Waals surface area contributed by atoms with E-state index in [2.05, 4.69) is 5.32 Å². The largest absolute Gasteiger partial charge is 0.508 e. The van der Waals surface area contributed by atoms with Crippen LogP contribution in [0, 0.1) is 5.82 Å². The number of carbonyl (C=O) groups is 2. The minimum atomic E-state index is -0.772. The number of phenolic OH excluding ortho intramolecular Hbond substituents is 1. The molecule has 2 atom stereocenters. The molecule has 3 rings (SSSR count). The van der Waals surface area contributed by atoms with E-state index in [0.717, 1.165) is 17.5 Å². The zero-order valence-electron chi connectivity index (χ0n) is 16.2. The number of amides is 2. The average Bonchev–Trinajstić information content (AvgIpc) is 3.20. The number of likely N-dealkylation sites (tertiary alicyclic amines) is 1. The van der Waals surface area contributed by atoms with Crippen molar-refractivity contribution in [2.24, 2.45) is 5.73 Å². The van der Waals surface area contributed by atoms with Crippen molar-refractivity contribution in [2.45, 2.75) is 37.8 Å². The van der Waals surface area contributed by atoms with Crippen LogP contribution in [-0.2, 0) is 22.4 Å². The highest BCUT2D eigenvalue weighted by atomic mass is 19.1. The summed E-state index contributed by atoms with van der Waals surface area (Å²) in [6, 6.07) is 11.4. The number of aromatic hydroxyl groups is 1. The number of rotatable bonds is 7. The van der Waals surface area contributed by atoms with Gasteiger partial charge in [0.15, 0.2) is 0 Å². The molecule has 7 heteroatoms. The maximum absolute atomic E-state index is 13.0. The molecule has 0 spiro atoms. The molecule has 154 valence electrons. The van der Waals surface area contributed by atoms with Crippen LogP contribution in [0.1, 0.15) is 24.0 Å². The number of nitrogens with one attached hydrogen (secondary N) is 1. The van der Waals surface area contributed by atoms with E-state index in [-0.39, 0.29) is 23.4 Å². The van der Waals surface area contributed by atoms with E-state index in [9.17, 15) is 19.1 Å². The summed E-state index contributed by atoms with van der Waals surface area (Å²) in [5.41, 5.74) is 7.86. The molecular formula is C22H26FN3O3. The Labute approximate surface area is 169 Å². The van der Waals surface area contributed by atoms with Crippen LogP contribution in [0.5, 0.6) is 5.75 Å². The highest BCUT2D eigenvalue weighted by molar-refractivity contribution is 5.90. The molecule has 0 radical (unpaired) electrons. The summed E-state index contributed by atoms with van der Waals surface area (Å²) in [6.07, 6.45) is 2.30. The molecule has 1 heterocycles. The lowest BCUT2D eigenvalue weighted by molar-refractivity contribution is -0.139. The first-order chi connectivity index (χ1) is 13.9. The van der Waals surface area contributed by atoms with E-state index in [0.29, 0.717) is 32.4 Å².